The molecule has 0 radical (unpaired) electrons. The van der Waals surface area contributed by atoms with Crippen LogP contribution in [0.3, 0.4) is 0 Å². The molecular weight excluding hydrogens is 240 g/mol. The molecule has 3 N–H and O–H groups in total. The highest BCUT2D eigenvalue weighted by Gasteiger charge is 2.27. The highest BCUT2D eigenvalue weighted by atomic mass is 16.5. The lowest BCUT2D eigenvalue weighted by Gasteiger charge is -2.24. The number of hydrogen-bond acceptors (Lipinski definition) is 4. The Morgan fingerprint density at radius 1 is 1.26 bits per heavy atom. The summed E-state index contributed by atoms with van der Waals surface area (Å²) in [5, 5.41) is 3.46. The Hall–Kier alpha value is -1.26. The maximum absolute atomic E-state index is 6.42. The Kier molecular flexibility index (Phi) is 4.32. The third-order valence-corrected chi connectivity index (χ3v) is 4.14. The van der Waals surface area contributed by atoms with E-state index in [0.717, 1.165) is 41.2 Å². The molecule has 2 rings (SSSR count). The zero-order valence-electron chi connectivity index (χ0n) is 12.2. The molecular formula is C15H24N2O2. The van der Waals surface area contributed by atoms with E-state index >= 15 is 0 Å². The topological polar surface area (TPSA) is 56.5 Å². The first-order valence-corrected chi connectivity index (χ1v) is 6.81. The molecule has 4 heteroatoms. The summed E-state index contributed by atoms with van der Waals surface area (Å²) in [5.74, 6) is 1.77. The molecule has 1 aliphatic heterocycles. The van der Waals surface area contributed by atoms with E-state index in [1.165, 1.54) is 6.42 Å². The Morgan fingerprint density at radius 2 is 2.00 bits per heavy atom. The number of methoxy groups -OCH3 is 2. The maximum atomic E-state index is 6.42. The van der Waals surface area contributed by atoms with Crippen molar-refractivity contribution < 1.29 is 9.47 Å². The second kappa shape index (κ2) is 5.80. The fourth-order valence-corrected chi connectivity index (χ4v) is 2.85. The van der Waals surface area contributed by atoms with Gasteiger partial charge in [0.25, 0.3) is 0 Å². The molecule has 1 fully saturated rings. The van der Waals surface area contributed by atoms with Crippen molar-refractivity contribution in [1.82, 2.24) is 5.32 Å². The fourth-order valence-electron chi connectivity index (χ4n) is 2.85. The average molecular weight is 264 g/mol. The largest absolute Gasteiger partial charge is 0.496 e. The van der Waals surface area contributed by atoms with Crippen molar-refractivity contribution in [2.24, 2.45) is 5.73 Å². The number of hydrogen-bond donors (Lipinski definition) is 2. The molecule has 1 saturated heterocycles. The van der Waals surface area contributed by atoms with Crippen LogP contribution in [0.25, 0.3) is 0 Å². The van der Waals surface area contributed by atoms with Gasteiger partial charge in [0.1, 0.15) is 11.5 Å². The molecule has 4 nitrogen and oxygen atoms in total. The zero-order valence-corrected chi connectivity index (χ0v) is 12.2. The lowest BCUT2D eigenvalue weighted by atomic mass is 9.93. The van der Waals surface area contributed by atoms with Crippen molar-refractivity contribution in [1.29, 1.82) is 0 Å². The zero-order chi connectivity index (χ0) is 14.0. The molecule has 2 atom stereocenters. The number of nitrogens with one attached hydrogen (secondary N) is 1. The minimum Gasteiger partial charge on any atom is -0.496 e. The molecule has 1 aromatic carbocycles. The summed E-state index contributed by atoms with van der Waals surface area (Å²) < 4.78 is 11.0. The smallest absolute Gasteiger partial charge is 0.127 e. The molecule has 106 valence electrons. The van der Waals surface area contributed by atoms with Crippen molar-refractivity contribution in [3.05, 3.63) is 22.8 Å². The van der Waals surface area contributed by atoms with E-state index in [4.69, 9.17) is 15.2 Å². The molecule has 0 aliphatic carbocycles. The van der Waals surface area contributed by atoms with E-state index in [-0.39, 0.29) is 6.04 Å². The summed E-state index contributed by atoms with van der Waals surface area (Å²) in [4.78, 5) is 0. The minimum absolute atomic E-state index is 0.0642. The van der Waals surface area contributed by atoms with Gasteiger partial charge in [-0.3, -0.25) is 0 Å². The molecule has 19 heavy (non-hydrogen) atoms. The van der Waals surface area contributed by atoms with E-state index < -0.39 is 0 Å². The van der Waals surface area contributed by atoms with E-state index in [0.29, 0.717) is 6.04 Å². The minimum atomic E-state index is -0.0642. The Bertz CT molecular complexity index is 454. The predicted molar refractivity (Wildman–Crippen MR) is 77.0 cm³/mol. The maximum Gasteiger partial charge on any atom is 0.127 e. The molecule has 0 aromatic heterocycles. The third kappa shape index (κ3) is 2.55. The quantitative estimate of drug-likeness (QED) is 0.874. The van der Waals surface area contributed by atoms with Gasteiger partial charge >= 0.3 is 0 Å². The summed E-state index contributed by atoms with van der Waals surface area (Å²) in [6, 6.07) is 2.28. The van der Waals surface area contributed by atoms with Crippen LogP contribution in [-0.4, -0.2) is 26.8 Å². The normalized spacial score (nSPS) is 20.4. The van der Waals surface area contributed by atoms with Crippen molar-refractivity contribution in [2.45, 2.75) is 38.8 Å². The van der Waals surface area contributed by atoms with Crippen LogP contribution in [0, 0.1) is 13.8 Å². The number of benzene rings is 1. The highest BCUT2D eigenvalue weighted by Crippen LogP contribution is 2.37. The second-order valence-corrected chi connectivity index (χ2v) is 5.18. The van der Waals surface area contributed by atoms with Gasteiger partial charge in [-0.15, -0.1) is 0 Å². The van der Waals surface area contributed by atoms with Crippen LogP contribution in [0.5, 0.6) is 11.5 Å². The monoisotopic (exact) mass is 264 g/mol. The van der Waals surface area contributed by atoms with Gasteiger partial charge in [-0.2, -0.15) is 0 Å². The highest BCUT2D eigenvalue weighted by molar-refractivity contribution is 5.54. The average Bonchev–Trinajstić information content (AvgIpc) is 2.94. The fraction of sp³-hybridized carbons (Fsp3) is 0.600. The Morgan fingerprint density at radius 3 is 2.53 bits per heavy atom. The second-order valence-electron chi connectivity index (χ2n) is 5.18. The van der Waals surface area contributed by atoms with Crippen LogP contribution < -0.4 is 20.5 Å². The van der Waals surface area contributed by atoms with Crippen LogP contribution in [0.4, 0.5) is 0 Å². The number of ether oxygens (including phenoxy) is 2. The first-order chi connectivity index (χ1) is 9.10. The van der Waals surface area contributed by atoms with Gasteiger partial charge in [0.05, 0.1) is 14.2 Å². The van der Waals surface area contributed by atoms with Gasteiger partial charge in [0.15, 0.2) is 0 Å². The van der Waals surface area contributed by atoms with E-state index in [1.807, 2.05) is 13.0 Å². The summed E-state index contributed by atoms with van der Waals surface area (Å²) in [5.41, 5.74) is 9.66. The first kappa shape index (κ1) is 14.2. The summed E-state index contributed by atoms with van der Waals surface area (Å²) in [7, 11) is 3.39. The van der Waals surface area contributed by atoms with Crippen molar-refractivity contribution in [2.75, 3.05) is 20.8 Å². The molecule has 0 spiro atoms. The predicted octanol–water partition coefficient (Wildman–Crippen LogP) is 2.07. The molecule has 1 heterocycles. The van der Waals surface area contributed by atoms with Crippen LogP contribution in [0.1, 0.15) is 35.6 Å². The van der Waals surface area contributed by atoms with Crippen LogP contribution >= 0.6 is 0 Å². The van der Waals surface area contributed by atoms with E-state index in [1.54, 1.807) is 14.2 Å². The molecule has 1 aromatic rings. The lowest BCUT2D eigenvalue weighted by Crippen LogP contribution is -2.34. The molecule has 0 bridgehead atoms. The van der Waals surface area contributed by atoms with E-state index in [9.17, 15) is 0 Å². The van der Waals surface area contributed by atoms with Gasteiger partial charge in [0, 0.05) is 17.6 Å². The van der Waals surface area contributed by atoms with Crippen molar-refractivity contribution in [3.63, 3.8) is 0 Å². The summed E-state index contributed by atoms with van der Waals surface area (Å²) in [6.07, 6.45) is 2.29. The number of rotatable bonds is 4. The standard InChI is InChI=1S/C15H24N2O2/c1-9-10(2)15(19-4)11(8-13(9)18-3)14(16)12-6-5-7-17-12/h8,12,14,17H,5-7,16H2,1-4H3. The SMILES string of the molecule is COc1cc(C(N)C2CCCN2)c(OC)c(C)c1C. The molecule has 1 aliphatic rings. The lowest BCUT2D eigenvalue weighted by molar-refractivity contribution is 0.383. The molecule has 2 unspecified atom stereocenters. The van der Waals surface area contributed by atoms with Gasteiger partial charge in [-0.25, -0.2) is 0 Å². The summed E-state index contributed by atoms with van der Waals surface area (Å²) >= 11 is 0. The van der Waals surface area contributed by atoms with Crippen LogP contribution in [0.2, 0.25) is 0 Å². The van der Waals surface area contributed by atoms with Crippen LogP contribution in [-0.2, 0) is 0 Å². The van der Waals surface area contributed by atoms with E-state index in [2.05, 4.69) is 12.2 Å². The van der Waals surface area contributed by atoms with Crippen LogP contribution in [0.15, 0.2) is 6.07 Å². The molecule has 0 saturated carbocycles. The van der Waals surface area contributed by atoms with Gasteiger partial charge < -0.3 is 20.5 Å². The first-order valence-electron chi connectivity index (χ1n) is 6.81. The third-order valence-electron chi connectivity index (χ3n) is 4.14. The summed E-state index contributed by atoms with van der Waals surface area (Å²) in [6.45, 7) is 5.14. The Labute approximate surface area is 115 Å². The Balaban J connectivity index is 2.45. The van der Waals surface area contributed by atoms with Gasteiger partial charge in [-0.05, 0) is 50.4 Å². The molecule has 0 amide bonds. The van der Waals surface area contributed by atoms with Crippen molar-refractivity contribution in [3.8, 4) is 11.5 Å². The van der Waals surface area contributed by atoms with Gasteiger partial charge in [-0.1, -0.05) is 0 Å². The van der Waals surface area contributed by atoms with Crippen molar-refractivity contribution >= 4 is 0 Å². The number of nitrogens with two attached hydrogens (primary N) is 1. The van der Waals surface area contributed by atoms with Gasteiger partial charge in [0.2, 0.25) is 0 Å².